The van der Waals surface area contributed by atoms with Crippen LogP contribution in [0.1, 0.15) is 13.8 Å². The van der Waals surface area contributed by atoms with Crippen molar-refractivity contribution in [1.82, 2.24) is 4.31 Å². The molecule has 0 aliphatic carbocycles. The van der Waals surface area contributed by atoms with Gasteiger partial charge >= 0.3 is 0 Å². The lowest BCUT2D eigenvalue weighted by atomic mass is 10.2. The Hall–Kier alpha value is -2.90. The third kappa shape index (κ3) is 4.19. The van der Waals surface area contributed by atoms with Gasteiger partial charge in [0.05, 0.1) is 17.1 Å². The quantitative estimate of drug-likeness (QED) is 0.797. The fourth-order valence-corrected chi connectivity index (χ4v) is 4.20. The summed E-state index contributed by atoms with van der Waals surface area (Å²) in [5.41, 5.74) is -0.144. The fourth-order valence-electron chi connectivity index (χ4n) is 2.61. The highest BCUT2D eigenvalue weighted by Gasteiger charge is 2.32. The minimum Gasteiger partial charge on any atom is -0.373 e. The van der Waals surface area contributed by atoms with Gasteiger partial charge in [-0.2, -0.15) is 20.1 Å². The molecule has 9 heteroatoms. The van der Waals surface area contributed by atoms with Gasteiger partial charge in [0, 0.05) is 18.8 Å². The van der Waals surface area contributed by atoms with Crippen LogP contribution in [0.2, 0.25) is 0 Å². The van der Waals surface area contributed by atoms with E-state index in [4.69, 9.17) is 20.5 Å². The molecule has 0 aromatic heterocycles. The van der Waals surface area contributed by atoms with E-state index in [2.05, 4.69) is 5.32 Å². The molecule has 2 rings (SSSR count). The lowest BCUT2D eigenvalue weighted by molar-refractivity contribution is -0.0440. The van der Waals surface area contributed by atoms with Crippen molar-refractivity contribution in [3.63, 3.8) is 0 Å². The van der Waals surface area contributed by atoms with E-state index in [1.54, 1.807) is 18.2 Å². The molecule has 1 aromatic carbocycles. The maximum atomic E-state index is 12.8. The average Bonchev–Trinajstić information content (AvgIpc) is 2.61. The van der Waals surface area contributed by atoms with Crippen LogP contribution < -0.4 is 5.32 Å². The van der Waals surface area contributed by atoms with Gasteiger partial charge in [0.15, 0.2) is 5.57 Å². The van der Waals surface area contributed by atoms with Gasteiger partial charge in [-0.3, -0.25) is 0 Å². The third-order valence-corrected chi connectivity index (χ3v) is 5.58. The molecular weight excluding hydrogens is 354 g/mol. The molecule has 1 aliphatic rings. The van der Waals surface area contributed by atoms with Crippen molar-refractivity contribution in [2.45, 2.75) is 31.0 Å². The Bertz CT molecular complexity index is 907. The number of benzene rings is 1. The first kappa shape index (κ1) is 19.4. The molecule has 1 aliphatic heterocycles. The number of morpholine rings is 1. The highest BCUT2D eigenvalue weighted by molar-refractivity contribution is 7.89. The molecular formula is C17H17N5O3S. The number of nitrogens with one attached hydrogen (secondary N) is 1. The second kappa shape index (κ2) is 7.99. The van der Waals surface area contributed by atoms with Crippen LogP contribution in [0.25, 0.3) is 0 Å². The molecule has 2 unspecified atom stereocenters. The van der Waals surface area contributed by atoms with Gasteiger partial charge < -0.3 is 10.1 Å². The number of hydrogen-bond acceptors (Lipinski definition) is 7. The van der Waals surface area contributed by atoms with Crippen LogP contribution in [0.3, 0.4) is 0 Å². The van der Waals surface area contributed by atoms with Crippen molar-refractivity contribution in [3.8, 4) is 18.2 Å². The minimum atomic E-state index is -3.66. The summed E-state index contributed by atoms with van der Waals surface area (Å²) in [7, 11) is -3.66. The molecule has 8 nitrogen and oxygen atoms in total. The zero-order valence-electron chi connectivity index (χ0n) is 14.3. The van der Waals surface area contributed by atoms with Crippen molar-refractivity contribution in [2.24, 2.45) is 0 Å². The number of nitrogens with zero attached hydrogens (tertiary/aromatic N) is 4. The first-order valence-corrected chi connectivity index (χ1v) is 9.23. The Labute approximate surface area is 152 Å². The van der Waals surface area contributed by atoms with E-state index >= 15 is 0 Å². The van der Waals surface area contributed by atoms with E-state index in [0.717, 1.165) is 0 Å². The summed E-state index contributed by atoms with van der Waals surface area (Å²) in [5, 5.41) is 29.3. The Morgan fingerprint density at radius 3 is 2.08 bits per heavy atom. The molecule has 0 amide bonds. The number of nitriles is 3. The van der Waals surface area contributed by atoms with Crippen LogP contribution in [0.15, 0.2) is 40.4 Å². The molecule has 0 saturated carbocycles. The maximum absolute atomic E-state index is 12.8. The smallest absolute Gasteiger partial charge is 0.243 e. The second-order valence-corrected chi connectivity index (χ2v) is 7.75. The summed E-state index contributed by atoms with van der Waals surface area (Å²) in [5.74, 6) is 0. The standard InChI is InChI=1S/C17H17N5O3S/c1-12-10-22(11-13(2)25-12)26(23,24)16-5-3-15(4-6-16)21-17(9-20)14(7-18)8-19/h3-6,12-13,21H,10-11H2,1-2H3. The van der Waals surface area contributed by atoms with Crippen molar-refractivity contribution in [3.05, 3.63) is 35.5 Å². The summed E-state index contributed by atoms with van der Waals surface area (Å²) in [6, 6.07) is 10.8. The van der Waals surface area contributed by atoms with Gasteiger partial charge in [0.2, 0.25) is 10.0 Å². The van der Waals surface area contributed by atoms with E-state index in [1.165, 1.54) is 28.6 Å². The topological polar surface area (TPSA) is 130 Å². The lowest BCUT2D eigenvalue weighted by Gasteiger charge is -2.34. The first-order chi connectivity index (χ1) is 12.3. The molecule has 0 radical (unpaired) electrons. The molecule has 1 aromatic rings. The van der Waals surface area contributed by atoms with Crippen LogP contribution in [-0.2, 0) is 14.8 Å². The fraction of sp³-hybridized carbons (Fsp3) is 0.353. The second-order valence-electron chi connectivity index (χ2n) is 5.81. The molecule has 26 heavy (non-hydrogen) atoms. The van der Waals surface area contributed by atoms with Crippen molar-refractivity contribution < 1.29 is 13.2 Å². The Balaban J connectivity index is 2.24. The normalized spacial score (nSPS) is 20.3. The van der Waals surface area contributed by atoms with Gasteiger partial charge in [-0.15, -0.1) is 0 Å². The molecule has 1 saturated heterocycles. The van der Waals surface area contributed by atoms with E-state index in [1.807, 2.05) is 13.8 Å². The SMILES string of the molecule is CC1CN(S(=O)(=O)c2ccc(NC(C#N)=C(C#N)C#N)cc2)CC(C)O1. The molecule has 1 heterocycles. The van der Waals surface area contributed by atoms with Crippen LogP contribution in [0, 0.1) is 34.0 Å². The molecule has 0 spiro atoms. The predicted molar refractivity (Wildman–Crippen MR) is 92.7 cm³/mol. The Kier molecular flexibility index (Phi) is 5.97. The number of allylic oxidation sites excluding steroid dienone is 2. The van der Waals surface area contributed by atoms with E-state index in [0.29, 0.717) is 5.69 Å². The van der Waals surface area contributed by atoms with E-state index in [9.17, 15) is 8.42 Å². The Morgan fingerprint density at radius 2 is 1.62 bits per heavy atom. The molecule has 0 bridgehead atoms. The maximum Gasteiger partial charge on any atom is 0.243 e. The monoisotopic (exact) mass is 371 g/mol. The van der Waals surface area contributed by atoms with Crippen LogP contribution in [0.5, 0.6) is 0 Å². The van der Waals surface area contributed by atoms with Gasteiger partial charge in [0.1, 0.15) is 23.9 Å². The lowest BCUT2D eigenvalue weighted by Crippen LogP contribution is -2.48. The van der Waals surface area contributed by atoms with Crippen molar-refractivity contribution >= 4 is 15.7 Å². The summed E-state index contributed by atoms with van der Waals surface area (Å²) in [6.07, 6.45) is -0.374. The summed E-state index contributed by atoms with van der Waals surface area (Å²) < 4.78 is 32.5. The van der Waals surface area contributed by atoms with Gasteiger partial charge in [-0.25, -0.2) is 8.42 Å². The summed E-state index contributed by atoms with van der Waals surface area (Å²) in [4.78, 5) is 0.118. The minimum absolute atomic E-state index is 0.118. The number of anilines is 1. The molecule has 1 N–H and O–H groups in total. The number of sulfonamides is 1. The third-order valence-electron chi connectivity index (χ3n) is 3.73. The van der Waals surface area contributed by atoms with Gasteiger partial charge in [0.25, 0.3) is 0 Å². The van der Waals surface area contributed by atoms with Crippen molar-refractivity contribution in [2.75, 3.05) is 18.4 Å². The highest BCUT2D eigenvalue weighted by atomic mass is 32.2. The molecule has 134 valence electrons. The largest absolute Gasteiger partial charge is 0.373 e. The number of rotatable bonds is 4. The van der Waals surface area contributed by atoms with Crippen LogP contribution in [0.4, 0.5) is 5.69 Å². The number of hydrogen-bond donors (Lipinski definition) is 1. The van der Waals surface area contributed by atoms with Crippen LogP contribution >= 0.6 is 0 Å². The van der Waals surface area contributed by atoms with Gasteiger partial charge in [-0.05, 0) is 38.1 Å². The van der Waals surface area contributed by atoms with Crippen molar-refractivity contribution in [1.29, 1.82) is 15.8 Å². The van der Waals surface area contributed by atoms with E-state index in [-0.39, 0.29) is 41.5 Å². The van der Waals surface area contributed by atoms with Gasteiger partial charge in [-0.1, -0.05) is 0 Å². The highest BCUT2D eigenvalue weighted by Crippen LogP contribution is 2.23. The van der Waals surface area contributed by atoms with Crippen LogP contribution in [-0.4, -0.2) is 38.0 Å². The average molecular weight is 371 g/mol. The number of ether oxygens (including phenoxy) is 1. The molecule has 1 fully saturated rings. The summed E-state index contributed by atoms with van der Waals surface area (Å²) >= 11 is 0. The molecule has 2 atom stereocenters. The summed E-state index contributed by atoms with van der Waals surface area (Å²) in [6.45, 7) is 4.20. The zero-order valence-corrected chi connectivity index (χ0v) is 15.1. The zero-order chi connectivity index (χ0) is 19.3. The Morgan fingerprint density at radius 1 is 1.08 bits per heavy atom. The van der Waals surface area contributed by atoms with E-state index < -0.39 is 10.0 Å². The predicted octanol–water partition coefficient (Wildman–Crippen LogP) is 1.72. The first-order valence-electron chi connectivity index (χ1n) is 7.79.